The lowest BCUT2D eigenvalue weighted by atomic mass is 10.2. The van der Waals surface area contributed by atoms with Crippen LogP contribution in [0, 0.1) is 6.92 Å². The highest BCUT2D eigenvalue weighted by Crippen LogP contribution is 2.35. The third kappa shape index (κ3) is 7.26. The molecule has 0 bridgehead atoms. The van der Waals surface area contributed by atoms with Crippen LogP contribution in [0.1, 0.15) is 45.2 Å². The molecule has 1 amide bonds. The van der Waals surface area contributed by atoms with E-state index in [4.69, 9.17) is 21.1 Å². The van der Waals surface area contributed by atoms with Gasteiger partial charge in [0.25, 0.3) is 0 Å². The summed E-state index contributed by atoms with van der Waals surface area (Å²) < 4.78 is 39.9. The average molecular weight is 542 g/mol. The van der Waals surface area contributed by atoms with Crippen molar-refractivity contribution in [3.05, 3.63) is 41.3 Å². The van der Waals surface area contributed by atoms with Crippen molar-refractivity contribution in [1.82, 2.24) is 9.71 Å². The maximum absolute atomic E-state index is 13.3. The fraction of sp³-hybridized carbons (Fsp3) is 0.435. The molecule has 1 heterocycles. The van der Waals surface area contributed by atoms with E-state index in [9.17, 15) is 18.0 Å². The second kappa shape index (κ2) is 11.5. The van der Waals surface area contributed by atoms with Crippen molar-refractivity contribution < 1.29 is 27.5 Å². The summed E-state index contributed by atoms with van der Waals surface area (Å²) in [5.41, 5.74) is 1.16. The number of anilines is 1. The van der Waals surface area contributed by atoms with Gasteiger partial charge in [-0.1, -0.05) is 35.6 Å². The second-order valence-corrected chi connectivity index (χ2v) is 11.4. The molecule has 1 aliphatic carbocycles. The van der Waals surface area contributed by atoms with Crippen LogP contribution < -0.4 is 10.0 Å². The summed E-state index contributed by atoms with van der Waals surface area (Å²) in [6.07, 6.45) is 3.17. The van der Waals surface area contributed by atoms with Crippen molar-refractivity contribution in [3.63, 3.8) is 0 Å². The number of allylic oxidation sites excluding steroid dienone is 1. The predicted octanol–water partition coefficient (Wildman–Crippen LogP) is 4.41. The molecule has 12 heteroatoms. The zero-order chi connectivity index (χ0) is 25.8. The van der Waals surface area contributed by atoms with Gasteiger partial charge in [0.2, 0.25) is 15.9 Å². The van der Waals surface area contributed by atoms with E-state index in [0.717, 1.165) is 25.7 Å². The summed E-state index contributed by atoms with van der Waals surface area (Å²) >= 11 is 7.47. The summed E-state index contributed by atoms with van der Waals surface area (Å²) in [5.74, 6) is -0.646. The van der Waals surface area contributed by atoms with Crippen LogP contribution in [0.4, 0.5) is 5.13 Å². The van der Waals surface area contributed by atoms with E-state index in [1.165, 1.54) is 30.4 Å². The van der Waals surface area contributed by atoms with E-state index in [-0.39, 0.29) is 28.5 Å². The summed E-state index contributed by atoms with van der Waals surface area (Å²) in [4.78, 5) is 28.9. The first-order chi connectivity index (χ1) is 16.5. The number of carbonyl (C=O) groups is 2. The Morgan fingerprint density at radius 3 is 2.60 bits per heavy atom. The van der Waals surface area contributed by atoms with Gasteiger partial charge < -0.3 is 14.8 Å². The zero-order valence-corrected chi connectivity index (χ0v) is 22.1. The molecule has 1 aromatic heterocycles. The van der Waals surface area contributed by atoms with Crippen LogP contribution in [-0.4, -0.2) is 44.0 Å². The van der Waals surface area contributed by atoms with Crippen LogP contribution >= 0.6 is 22.9 Å². The van der Waals surface area contributed by atoms with E-state index in [1.807, 2.05) is 0 Å². The number of hydrogen-bond donors (Lipinski definition) is 2. The molecule has 1 fully saturated rings. The molecule has 1 saturated carbocycles. The van der Waals surface area contributed by atoms with Gasteiger partial charge in [-0.3, -0.25) is 9.59 Å². The quantitative estimate of drug-likeness (QED) is 0.337. The lowest BCUT2D eigenvalue weighted by Crippen LogP contribution is -2.45. The maximum Gasteiger partial charge on any atom is 0.328 e. The minimum absolute atomic E-state index is 0.0192. The number of carbonyl (C=O) groups excluding carboxylic acids is 2. The molecular weight excluding hydrogens is 514 g/mol. The number of esters is 1. The van der Waals surface area contributed by atoms with Crippen LogP contribution in [0.15, 0.2) is 35.4 Å². The smallest absolute Gasteiger partial charge is 0.328 e. The van der Waals surface area contributed by atoms with Gasteiger partial charge in [-0.15, -0.1) is 0 Å². The van der Waals surface area contributed by atoms with Gasteiger partial charge in [-0.25, -0.2) is 13.4 Å². The van der Waals surface area contributed by atoms with Crippen LogP contribution in [0.3, 0.4) is 0 Å². The van der Waals surface area contributed by atoms with Crippen LogP contribution in [0.5, 0.6) is 0 Å². The van der Waals surface area contributed by atoms with Crippen molar-refractivity contribution in [2.75, 3.05) is 11.9 Å². The van der Waals surface area contributed by atoms with Crippen LogP contribution in [0.2, 0.25) is 5.02 Å². The molecule has 0 aliphatic heterocycles. The van der Waals surface area contributed by atoms with E-state index in [2.05, 4.69) is 21.6 Å². The topological polar surface area (TPSA) is 124 Å². The molecule has 1 aliphatic rings. The molecule has 35 heavy (non-hydrogen) atoms. The number of halogens is 1. The second-order valence-electron chi connectivity index (χ2n) is 8.29. The Morgan fingerprint density at radius 2 is 1.97 bits per heavy atom. The number of amides is 1. The average Bonchev–Trinajstić information content (AvgIpc) is 3.40. The van der Waals surface area contributed by atoms with E-state index >= 15 is 0 Å². The molecule has 0 spiro atoms. The fourth-order valence-corrected chi connectivity index (χ4v) is 6.30. The summed E-state index contributed by atoms with van der Waals surface area (Å²) in [6.45, 7) is 8.08. The zero-order valence-electron chi connectivity index (χ0n) is 19.7. The van der Waals surface area contributed by atoms with Gasteiger partial charge in [0, 0.05) is 6.92 Å². The Kier molecular flexibility index (Phi) is 8.92. The number of nitrogens with one attached hydrogen (secondary N) is 2. The molecule has 9 nitrogen and oxygen atoms in total. The first kappa shape index (κ1) is 27.1. The molecular formula is C23H28ClN3O6S2. The Bertz CT molecular complexity index is 1220. The molecule has 0 saturated heterocycles. The van der Waals surface area contributed by atoms with Crippen LogP contribution in [0.25, 0.3) is 10.4 Å². The number of rotatable bonds is 10. The molecule has 1 aromatic carbocycles. The first-order valence-electron chi connectivity index (χ1n) is 11.0. The lowest BCUT2D eigenvalue weighted by molar-refractivity contribution is -0.152. The molecule has 190 valence electrons. The van der Waals surface area contributed by atoms with Crippen molar-refractivity contribution in [2.45, 2.75) is 63.5 Å². The van der Waals surface area contributed by atoms with E-state index in [1.54, 1.807) is 19.9 Å². The third-order valence-electron chi connectivity index (χ3n) is 5.23. The van der Waals surface area contributed by atoms with E-state index in [0.29, 0.717) is 27.0 Å². The number of ether oxygens (including phenoxy) is 2. The molecule has 0 unspecified atom stereocenters. The van der Waals surface area contributed by atoms with E-state index < -0.39 is 22.0 Å². The number of aromatic nitrogens is 1. The molecule has 2 aromatic rings. The van der Waals surface area contributed by atoms with Crippen molar-refractivity contribution in [3.8, 4) is 10.4 Å². The summed E-state index contributed by atoms with van der Waals surface area (Å²) in [7, 11) is -4.25. The van der Waals surface area contributed by atoms with Gasteiger partial charge >= 0.3 is 5.97 Å². The number of aryl methyl sites for hydroxylation is 1. The van der Waals surface area contributed by atoms with Gasteiger partial charge in [0.15, 0.2) is 11.2 Å². The standard InChI is InChI=1S/C23H28ClN3O6S2/c1-13(2)32-12-19(22(29)33-17-7-5-6-8-17)27-35(30,31)20-11-16(9-10-18(20)24)21-14(3)25-23(34-21)26-15(4)28/h9-11,17,19,27H,1,5-8,12H2,2-4H3,(H,25,26,28)/t19-/m0/s1. The number of thiazole rings is 1. The molecule has 0 radical (unpaired) electrons. The van der Waals surface area contributed by atoms with Gasteiger partial charge in [0.05, 0.1) is 21.4 Å². The van der Waals surface area contributed by atoms with Crippen LogP contribution in [-0.2, 0) is 29.1 Å². The molecule has 2 N–H and O–H groups in total. The van der Waals surface area contributed by atoms with Gasteiger partial charge in [-0.05, 0) is 57.2 Å². The highest BCUT2D eigenvalue weighted by atomic mass is 35.5. The Labute approximate surface area is 213 Å². The summed E-state index contributed by atoms with van der Waals surface area (Å²) in [6, 6.07) is 3.24. The Balaban J connectivity index is 1.88. The number of sulfonamides is 1. The Hall–Kier alpha value is -2.47. The fourth-order valence-electron chi connectivity index (χ4n) is 3.60. The lowest BCUT2D eigenvalue weighted by Gasteiger charge is -2.21. The minimum atomic E-state index is -4.25. The van der Waals surface area contributed by atoms with Crippen molar-refractivity contribution >= 4 is 50.0 Å². The highest BCUT2D eigenvalue weighted by molar-refractivity contribution is 7.89. The molecule has 3 rings (SSSR count). The van der Waals surface area contributed by atoms with Crippen molar-refractivity contribution in [1.29, 1.82) is 0 Å². The number of hydrogen-bond acceptors (Lipinski definition) is 8. The highest BCUT2D eigenvalue weighted by Gasteiger charge is 2.32. The first-order valence-corrected chi connectivity index (χ1v) is 13.7. The monoisotopic (exact) mass is 541 g/mol. The number of benzene rings is 1. The number of nitrogens with zero attached hydrogens (tertiary/aromatic N) is 1. The maximum atomic E-state index is 13.3. The van der Waals surface area contributed by atoms with Gasteiger partial charge in [-0.2, -0.15) is 4.72 Å². The molecule has 1 atom stereocenters. The van der Waals surface area contributed by atoms with Crippen molar-refractivity contribution in [2.24, 2.45) is 0 Å². The minimum Gasteiger partial charge on any atom is -0.497 e. The van der Waals surface area contributed by atoms with Gasteiger partial charge in [0.1, 0.15) is 17.6 Å². The SMILES string of the molecule is C=C(C)OC[C@H](NS(=O)(=O)c1cc(-c2sc(NC(C)=O)nc2C)ccc1Cl)C(=O)OC1CCCC1. The normalized spacial score (nSPS) is 15.0. The summed E-state index contributed by atoms with van der Waals surface area (Å²) in [5, 5.41) is 3.00. The predicted molar refractivity (Wildman–Crippen MR) is 135 cm³/mol. The largest absolute Gasteiger partial charge is 0.497 e. The third-order valence-corrected chi connectivity index (χ3v) is 8.30. The Morgan fingerprint density at radius 1 is 1.29 bits per heavy atom.